The van der Waals surface area contributed by atoms with E-state index in [-0.39, 0.29) is 36.6 Å². The Kier molecular flexibility index (Phi) is 5.83. The fourth-order valence-electron chi connectivity index (χ4n) is 3.47. The molecule has 3 aromatic rings. The second-order valence-corrected chi connectivity index (χ2v) is 7.13. The predicted molar refractivity (Wildman–Crippen MR) is 112 cm³/mol. The molecular weight excluding hydrogens is 400 g/mol. The number of rotatable bonds is 7. The molecule has 0 saturated carbocycles. The summed E-state index contributed by atoms with van der Waals surface area (Å²) < 4.78 is 15.9. The van der Waals surface area contributed by atoms with Gasteiger partial charge in [0.2, 0.25) is 17.7 Å². The van der Waals surface area contributed by atoms with Crippen molar-refractivity contribution in [1.82, 2.24) is 10.2 Å². The lowest BCUT2D eigenvalue weighted by atomic mass is 10.1. The van der Waals surface area contributed by atoms with Gasteiger partial charge in [0.05, 0.1) is 26.6 Å². The number of hydrogen-bond donors (Lipinski definition) is 1. The SMILES string of the molecule is COc1ccc(N2CC(c3nnc(NC(=O)Cc4cccc(OC)c4)o3)CC2=O)cc1. The highest BCUT2D eigenvalue weighted by Gasteiger charge is 2.35. The van der Waals surface area contributed by atoms with Crippen molar-refractivity contribution in [2.75, 3.05) is 31.0 Å². The van der Waals surface area contributed by atoms with Gasteiger partial charge in [0, 0.05) is 18.7 Å². The van der Waals surface area contributed by atoms with Crippen LogP contribution in [0.5, 0.6) is 11.5 Å². The van der Waals surface area contributed by atoms with E-state index >= 15 is 0 Å². The van der Waals surface area contributed by atoms with E-state index in [4.69, 9.17) is 13.9 Å². The molecule has 0 spiro atoms. The first kappa shape index (κ1) is 20.4. The molecule has 2 heterocycles. The average molecular weight is 422 g/mol. The number of carbonyl (C=O) groups excluding carboxylic acids is 2. The number of benzene rings is 2. The maximum absolute atomic E-state index is 12.5. The number of carbonyl (C=O) groups is 2. The van der Waals surface area contributed by atoms with E-state index in [1.807, 2.05) is 30.3 Å². The number of ether oxygens (including phenoxy) is 2. The highest BCUT2D eigenvalue weighted by molar-refractivity contribution is 5.96. The third-order valence-electron chi connectivity index (χ3n) is 5.04. The van der Waals surface area contributed by atoms with Crippen molar-refractivity contribution < 1.29 is 23.5 Å². The molecule has 0 bridgehead atoms. The van der Waals surface area contributed by atoms with Crippen molar-refractivity contribution in [3.05, 3.63) is 60.0 Å². The van der Waals surface area contributed by atoms with Gasteiger partial charge in [0.15, 0.2) is 0 Å². The van der Waals surface area contributed by atoms with Crippen LogP contribution in [0.25, 0.3) is 0 Å². The third kappa shape index (κ3) is 4.66. The third-order valence-corrected chi connectivity index (χ3v) is 5.04. The Hall–Kier alpha value is -3.88. The molecule has 9 heteroatoms. The van der Waals surface area contributed by atoms with E-state index in [1.54, 1.807) is 37.3 Å². The largest absolute Gasteiger partial charge is 0.497 e. The average Bonchev–Trinajstić information content (AvgIpc) is 3.40. The highest BCUT2D eigenvalue weighted by atomic mass is 16.5. The van der Waals surface area contributed by atoms with E-state index in [0.717, 1.165) is 17.0 Å². The number of anilines is 2. The van der Waals surface area contributed by atoms with Crippen molar-refractivity contribution in [2.45, 2.75) is 18.8 Å². The van der Waals surface area contributed by atoms with E-state index in [9.17, 15) is 9.59 Å². The molecule has 1 aromatic heterocycles. The van der Waals surface area contributed by atoms with Crippen LogP contribution in [0, 0.1) is 0 Å². The van der Waals surface area contributed by atoms with Crippen LogP contribution in [-0.4, -0.2) is 42.8 Å². The summed E-state index contributed by atoms with van der Waals surface area (Å²) in [5.74, 6) is 1.16. The van der Waals surface area contributed by atoms with Gasteiger partial charge in [-0.1, -0.05) is 17.2 Å². The molecule has 4 rings (SSSR count). The maximum atomic E-state index is 12.5. The zero-order valence-corrected chi connectivity index (χ0v) is 17.2. The Labute approximate surface area is 179 Å². The monoisotopic (exact) mass is 422 g/mol. The van der Waals surface area contributed by atoms with Gasteiger partial charge < -0.3 is 18.8 Å². The fraction of sp³-hybridized carbons (Fsp3) is 0.273. The number of nitrogens with one attached hydrogen (secondary N) is 1. The van der Waals surface area contributed by atoms with Gasteiger partial charge in [-0.3, -0.25) is 14.9 Å². The first-order chi connectivity index (χ1) is 15.1. The minimum Gasteiger partial charge on any atom is -0.497 e. The molecule has 2 amide bonds. The molecule has 160 valence electrons. The zero-order valence-electron chi connectivity index (χ0n) is 17.2. The lowest BCUT2D eigenvalue weighted by molar-refractivity contribution is -0.117. The first-order valence-corrected chi connectivity index (χ1v) is 9.76. The van der Waals surface area contributed by atoms with Gasteiger partial charge in [-0.15, -0.1) is 5.10 Å². The molecule has 0 aliphatic carbocycles. The van der Waals surface area contributed by atoms with Crippen molar-refractivity contribution in [3.63, 3.8) is 0 Å². The number of hydrogen-bond acceptors (Lipinski definition) is 7. The first-order valence-electron chi connectivity index (χ1n) is 9.76. The van der Waals surface area contributed by atoms with Crippen molar-refractivity contribution in [3.8, 4) is 11.5 Å². The Morgan fingerprint density at radius 1 is 1.13 bits per heavy atom. The van der Waals surface area contributed by atoms with Gasteiger partial charge in [0.1, 0.15) is 11.5 Å². The summed E-state index contributed by atoms with van der Waals surface area (Å²) in [4.78, 5) is 26.5. The minimum atomic E-state index is -0.286. The Balaban J connectivity index is 1.38. The quantitative estimate of drug-likeness (QED) is 0.624. The normalized spacial score (nSPS) is 15.7. The molecule has 31 heavy (non-hydrogen) atoms. The van der Waals surface area contributed by atoms with E-state index in [2.05, 4.69) is 15.5 Å². The molecular formula is C22H22N4O5. The van der Waals surface area contributed by atoms with Crippen LogP contribution in [0.15, 0.2) is 52.9 Å². The van der Waals surface area contributed by atoms with Gasteiger partial charge in [-0.05, 0) is 42.0 Å². The van der Waals surface area contributed by atoms with Crippen molar-refractivity contribution in [1.29, 1.82) is 0 Å². The molecule has 9 nitrogen and oxygen atoms in total. The number of methoxy groups -OCH3 is 2. The van der Waals surface area contributed by atoms with E-state index < -0.39 is 0 Å². The fourth-order valence-corrected chi connectivity index (χ4v) is 3.47. The highest BCUT2D eigenvalue weighted by Crippen LogP contribution is 2.32. The minimum absolute atomic E-state index is 0.0123. The number of nitrogens with zero attached hydrogens (tertiary/aromatic N) is 3. The standard InChI is InChI=1S/C22H22N4O5/c1-29-17-8-6-16(7-9-17)26-13-15(12-20(26)28)21-24-25-22(31-21)23-19(27)11-14-4-3-5-18(10-14)30-2/h3-10,15H,11-13H2,1-2H3,(H,23,25,27). The number of amides is 2. The van der Waals surface area contributed by atoms with Crippen LogP contribution < -0.4 is 19.7 Å². The van der Waals surface area contributed by atoms with Crippen LogP contribution in [-0.2, 0) is 16.0 Å². The van der Waals surface area contributed by atoms with Crippen LogP contribution in [0.1, 0.15) is 23.8 Å². The zero-order chi connectivity index (χ0) is 21.8. The Bertz CT molecular complexity index is 1080. The summed E-state index contributed by atoms with van der Waals surface area (Å²) in [7, 11) is 3.16. The molecule has 0 radical (unpaired) electrons. The van der Waals surface area contributed by atoms with Gasteiger partial charge >= 0.3 is 6.01 Å². The lowest BCUT2D eigenvalue weighted by Gasteiger charge is -2.16. The summed E-state index contributed by atoms with van der Waals surface area (Å²) in [6.07, 6.45) is 0.396. The molecule has 1 atom stereocenters. The molecule has 1 N–H and O–H groups in total. The van der Waals surface area contributed by atoms with Crippen molar-refractivity contribution >= 4 is 23.5 Å². The van der Waals surface area contributed by atoms with Gasteiger partial charge in [-0.2, -0.15) is 0 Å². The van der Waals surface area contributed by atoms with Crippen LogP contribution >= 0.6 is 0 Å². The van der Waals surface area contributed by atoms with Crippen LogP contribution in [0.2, 0.25) is 0 Å². The maximum Gasteiger partial charge on any atom is 0.322 e. The summed E-state index contributed by atoms with van der Waals surface area (Å²) >= 11 is 0. The van der Waals surface area contributed by atoms with E-state index in [0.29, 0.717) is 18.2 Å². The molecule has 1 fully saturated rings. The van der Waals surface area contributed by atoms with Crippen LogP contribution in [0.4, 0.5) is 11.7 Å². The molecule has 2 aromatic carbocycles. The summed E-state index contributed by atoms with van der Waals surface area (Å²) in [6, 6.07) is 14.5. The smallest absolute Gasteiger partial charge is 0.322 e. The lowest BCUT2D eigenvalue weighted by Crippen LogP contribution is -2.24. The van der Waals surface area contributed by atoms with E-state index in [1.165, 1.54) is 0 Å². The summed E-state index contributed by atoms with van der Waals surface area (Å²) in [6.45, 7) is 0.421. The Morgan fingerprint density at radius 2 is 1.90 bits per heavy atom. The topological polar surface area (TPSA) is 107 Å². The Morgan fingerprint density at radius 3 is 2.65 bits per heavy atom. The predicted octanol–water partition coefficient (Wildman–Crippen LogP) is 2.79. The van der Waals surface area contributed by atoms with Gasteiger partial charge in [0.25, 0.3) is 0 Å². The summed E-state index contributed by atoms with van der Waals surface area (Å²) in [5.41, 5.74) is 1.58. The molecule has 1 unspecified atom stereocenters. The molecule has 1 saturated heterocycles. The molecule has 1 aliphatic heterocycles. The van der Waals surface area contributed by atoms with Gasteiger partial charge in [-0.25, -0.2) is 0 Å². The van der Waals surface area contributed by atoms with Crippen molar-refractivity contribution in [2.24, 2.45) is 0 Å². The second kappa shape index (κ2) is 8.86. The molecule has 1 aliphatic rings. The number of aromatic nitrogens is 2. The van der Waals surface area contributed by atoms with Crippen LogP contribution in [0.3, 0.4) is 0 Å². The second-order valence-electron chi connectivity index (χ2n) is 7.13. The summed E-state index contributed by atoms with van der Waals surface area (Å²) in [5, 5.41) is 10.5.